The van der Waals surface area contributed by atoms with Crippen LogP contribution in [0.15, 0.2) is 27.6 Å². The van der Waals surface area contributed by atoms with Gasteiger partial charge in [-0.1, -0.05) is 6.07 Å². The Morgan fingerprint density at radius 2 is 2.21 bits per heavy atom. The monoisotopic (exact) mass is 277 g/mol. The van der Waals surface area contributed by atoms with E-state index in [9.17, 15) is 13.6 Å². The predicted molar refractivity (Wildman–Crippen MR) is 52.7 cm³/mol. The quantitative estimate of drug-likeness (QED) is 0.607. The zero-order chi connectivity index (χ0) is 10.7. The molecule has 4 nitrogen and oxygen atoms in total. The minimum atomic E-state index is -2.47. The van der Waals surface area contributed by atoms with E-state index in [1.165, 1.54) is 19.2 Å². The van der Waals surface area contributed by atoms with Gasteiger partial charge >= 0.3 is 5.97 Å². The number of benzene rings is 1. The third-order valence-corrected chi connectivity index (χ3v) is 3.24. The molecule has 0 bridgehead atoms. The van der Waals surface area contributed by atoms with Crippen LogP contribution < -0.4 is 0 Å². The molecule has 76 valence electrons. The smallest absolute Gasteiger partial charge is 0.339 e. The molecule has 1 atom stereocenters. The minimum Gasteiger partial charge on any atom is -0.768 e. The van der Waals surface area contributed by atoms with Crippen LogP contribution in [0.3, 0.4) is 0 Å². The Balaban J connectivity index is 3.35. The summed E-state index contributed by atoms with van der Waals surface area (Å²) in [5.74, 6) is -0.675. The summed E-state index contributed by atoms with van der Waals surface area (Å²) in [6.45, 7) is 0. The van der Waals surface area contributed by atoms with E-state index in [1.807, 2.05) is 0 Å². The summed E-state index contributed by atoms with van der Waals surface area (Å²) in [6, 6.07) is 4.49. The van der Waals surface area contributed by atoms with Gasteiger partial charge in [-0.15, -0.1) is 0 Å². The first-order valence-electron chi connectivity index (χ1n) is 3.54. The van der Waals surface area contributed by atoms with Crippen LogP contribution in [0.4, 0.5) is 0 Å². The van der Waals surface area contributed by atoms with E-state index in [0.29, 0.717) is 4.47 Å². The Morgan fingerprint density at radius 3 is 2.71 bits per heavy atom. The normalized spacial score (nSPS) is 12.2. The number of ether oxygens (including phenoxy) is 1. The molecular weight excluding hydrogens is 272 g/mol. The maximum atomic E-state index is 11.2. The Kier molecular flexibility index (Phi) is 3.79. The first-order chi connectivity index (χ1) is 6.57. The highest BCUT2D eigenvalue weighted by Gasteiger charge is 2.14. The van der Waals surface area contributed by atoms with Crippen LogP contribution in [0.2, 0.25) is 0 Å². The average Bonchev–Trinajstić information content (AvgIpc) is 2.15. The van der Waals surface area contributed by atoms with Crippen LogP contribution in [0, 0.1) is 0 Å². The number of carbonyl (C=O) groups excluding carboxylic acids is 1. The highest BCUT2D eigenvalue weighted by Crippen LogP contribution is 2.23. The number of hydrogen-bond donors (Lipinski definition) is 0. The summed E-state index contributed by atoms with van der Waals surface area (Å²) in [5, 5.41) is 0. The van der Waals surface area contributed by atoms with Gasteiger partial charge in [0.25, 0.3) is 0 Å². The van der Waals surface area contributed by atoms with E-state index < -0.39 is 17.0 Å². The molecule has 1 aromatic rings. The summed E-state index contributed by atoms with van der Waals surface area (Å²) in [5.41, 5.74) is 0.0233. The van der Waals surface area contributed by atoms with Gasteiger partial charge in [0.05, 0.1) is 17.6 Å². The molecule has 0 amide bonds. The van der Waals surface area contributed by atoms with E-state index >= 15 is 0 Å². The minimum absolute atomic E-state index is 0.0233. The standard InChI is InChI=1S/C8H7BrO4S/c1-13-8(10)5-3-2-4-6(9)7(5)14(11)12/h2-4H,1H3,(H,11,12)/p-1. The van der Waals surface area contributed by atoms with Gasteiger partial charge in [0.1, 0.15) is 0 Å². The van der Waals surface area contributed by atoms with Crippen LogP contribution in [0.1, 0.15) is 10.4 Å². The summed E-state index contributed by atoms with van der Waals surface area (Å²) in [4.78, 5) is 11.1. The molecule has 6 heteroatoms. The summed E-state index contributed by atoms with van der Waals surface area (Å²) in [6.07, 6.45) is 0. The number of halogens is 1. The maximum absolute atomic E-state index is 11.2. The van der Waals surface area contributed by atoms with Crippen molar-refractivity contribution in [2.45, 2.75) is 4.90 Å². The molecule has 1 unspecified atom stereocenters. The zero-order valence-electron chi connectivity index (χ0n) is 7.15. The van der Waals surface area contributed by atoms with Crippen molar-refractivity contribution in [3.05, 3.63) is 28.2 Å². The lowest BCUT2D eigenvalue weighted by atomic mass is 10.2. The van der Waals surface area contributed by atoms with Gasteiger partial charge in [-0.3, -0.25) is 4.21 Å². The van der Waals surface area contributed by atoms with Crippen molar-refractivity contribution >= 4 is 33.0 Å². The van der Waals surface area contributed by atoms with E-state index in [2.05, 4.69) is 20.7 Å². The Hall–Kier alpha value is -0.720. The lowest BCUT2D eigenvalue weighted by Gasteiger charge is -2.11. The molecular formula is C8H6BrO4S-. The van der Waals surface area contributed by atoms with Crippen molar-refractivity contribution in [1.29, 1.82) is 0 Å². The number of esters is 1. The second kappa shape index (κ2) is 4.68. The second-order valence-electron chi connectivity index (χ2n) is 2.34. The molecule has 0 N–H and O–H groups in total. The van der Waals surface area contributed by atoms with Gasteiger partial charge in [0, 0.05) is 4.47 Å². The Labute approximate surface area is 91.7 Å². The molecule has 0 spiro atoms. The Morgan fingerprint density at radius 1 is 1.57 bits per heavy atom. The summed E-state index contributed by atoms with van der Waals surface area (Å²) >= 11 is 0.572. The molecule has 0 radical (unpaired) electrons. The molecule has 0 aliphatic heterocycles. The van der Waals surface area contributed by atoms with Crippen LogP contribution in [-0.2, 0) is 15.8 Å². The number of carbonyl (C=O) groups is 1. The van der Waals surface area contributed by atoms with Crippen molar-refractivity contribution in [3.63, 3.8) is 0 Å². The van der Waals surface area contributed by atoms with Gasteiger partial charge in [-0.05, 0) is 39.1 Å². The molecule has 1 rings (SSSR count). The molecule has 0 saturated carbocycles. The van der Waals surface area contributed by atoms with Crippen molar-refractivity contribution < 1.29 is 18.3 Å². The molecule has 0 fully saturated rings. The number of methoxy groups -OCH3 is 1. The van der Waals surface area contributed by atoms with Crippen LogP contribution in [0.5, 0.6) is 0 Å². The first-order valence-corrected chi connectivity index (χ1v) is 5.40. The topological polar surface area (TPSA) is 66.4 Å². The van der Waals surface area contributed by atoms with E-state index in [0.717, 1.165) is 0 Å². The molecule has 0 aromatic heterocycles. The van der Waals surface area contributed by atoms with Crippen molar-refractivity contribution in [2.24, 2.45) is 0 Å². The van der Waals surface area contributed by atoms with Crippen molar-refractivity contribution in [3.8, 4) is 0 Å². The highest BCUT2D eigenvalue weighted by atomic mass is 79.9. The van der Waals surface area contributed by atoms with Gasteiger partial charge in [-0.2, -0.15) is 0 Å². The van der Waals surface area contributed by atoms with E-state index in [4.69, 9.17) is 0 Å². The first kappa shape index (κ1) is 11.4. The maximum Gasteiger partial charge on any atom is 0.339 e. The lowest BCUT2D eigenvalue weighted by Crippen LogP contribution is -2.07. The largest absolute Gasteiger partial charge is 0.768 e. The summed E-state index contributed by atoms with van der Waals surface area (Å²) < 4.78 is 26.4. The predicted octanol–water partition coefficient (Wildman–Crippen LogP) is 1.47. The highest BCUT2D eigenvalue weighted by molar-refractivity contribution is 9.10. The van der Waals surface area contributed by atoms with Crippen molar-refractivity contribution in [2.75, 3.05) is 7.11 Å². The molecule has 0 saturated heterocycles. The summed E-state index contributed by atoms with van der Waals surface area (Å²) in [7, 11) is 1.20. The fourth-order valence-corrected chi connectivity index (χ4v) is 2.27. The van der Waals surface area contributed by atoms with E-state index in [-0.39, 0.29) is 10.5 Å². The second-order valence-corrected chi connectivity index (χ2v) is 4.07. The fraction of sp³-hybridized carbons (Fsp3) is 0.125. The SMILES string of the molecule is COC(=O)c1cccc(Br)c1S(=O)[O-]. The van der Waals surface area contributed by atoms with Crippen molar-refractivity contribution in [1.82, 2.24) is 0 Å². The van der Waals surface area contributed by atoms with Gasteiger partial charge in [-0.25, -0.2) is 4.79 Å². The third kappa shape index (κ3) is 2.20. The molecule has 14 heavy (non-hydrogen) atoms. The molecule has 1 aromatic carbocycles. The van der Waals surface area contributed by atoms with E-state index in [1.54, 1.807) is 6.07 Å². The number of rotatable bonds is 2. The van der Waals surface area contributed by atoms with Crippen LogP contribution in [-0.4, -0.2) is 21.8 Å². The number of hydrogen-bond acceptors (Lipinski definition) is 4. The van der Waals surface area contributed by atoms with Crippen LogP contribution in [0.25, 0.3) is 0 Å². The molecule has 0 aliphatic carbocycles. The zero-order valence-corrected chi connectivity index (χ0v) is 9.55. The van der Waals surface area contributed by atoms with Gasteiger partial charge in [0.15, 0.2) is 0 Å². The van der Waals surface area contributed by atoms with Crippen LogP contribution >= 0.6 is 15.9 Å². The van der Waals surface area contributed by atoms with Gasteiger partial charge in [0.2, 0.25) is 0 Å². The van der Waals surface area contributed by atoms with Gasteiger partial charge < -0.3 is 9.29 Å². The molecule has 0 aliphatic rings. The fourth-order valence-electron chi connectivity index (χ4n) is 0.949. The lowest BCUT2D eigenvalue weighted by molar-refractivity contribution is 0.0596. The Bertz CT molecular complexity index is 391. The third-order valence-electron chi connectivity index (χ3n) is 1.54. The molecule has 0 heterocycles. The average molecular weight is 278 g/mol.